The number of alkyl halides is 3. The van der Waals surface area contributed by atoms with Gasteiger partial charge in [-0.2, -0.15) is 13.2 Å². The zero-order valence-electron chi connectivity index (χ0n) is 11.0. The van der Waals surface area contributed by atoms with E-state index in [9.17, 15) is 18.3 Å². The van der Waals surface area contributed by atoms with Gasteiger partial charge in [0.2, 0.25) is 0 Å². The van der Waals surface area contributed by atoms with Crippen LogP contribution in [0.3, 0.4) is 0 Å². The van der Waals surface area contributed by atoms with Gasteiger partial charge in [-0.15, -0.1) is 0 Å². The van der Waals surface area contributed by atoms with E-state index in [0.29, 0.717) is 12.8 Å². The lowest BCUT2D eigenvalue weighted by atomic mass is 10.0. The third-order valence-corrected chi connectivity index (χ3v) is 3.76. The van der Waals surface area contributed by atoms with Gasteiger partial charge < -0.3 is 10.0 Å². The van der Waals surface area contributed by atoms with Crippen LogP contribution in [-0.4, -0.2) is 29.3 Å². The van der Waals surface area contributed by atoms with E-state index in [-0.39, 0.29) is 17.5 Å². The molecule has 1 aromatic heterocycles. The van der Waals surface area contributed by atoms with Crippen LogP contribution in [0.4, 0.5) is 19.0 Å². The van der Waals surface area contributed by atoms with Crippen LogP contribution in [0.5, 0.6) is 0 Å². The fourth-order valence-electron chi connectivity index (χ4n) is 2.56. The number of hydrogen-bond acceptors (Lipinski definition) is 3. The Bertz CT molecular complexity index is 487. The SMILES string of the molecule is CN(CC1(O)CCCC1)c1cc(C(F)(F)F)cc(Cl)n1. The van der Waals surface area contributed by atoms with E-state index < -0.39 is 17.3 Å². The molecule has 0 saturated heterocycles. The van der Waals surface area contributed by atoms with Crippen molar-refractivity contribution in [1.29, 1.82) is 0 Å². The van der Waals surface area contributed by atoms with Gasteiger partial charge in [0.05, 0.1) is 11.2 Å². The van der Waals surface area contributed by atoms with Crippen LogP contribution in [0.25, 0.3) is 0 Å². The van der Waals surface area contributed by atoms with Crippen molar-refractivity contribution in [3.05, 3.63) is 22.8 Å². The van der Waals surface area contributed by atoms with Crippen LogP contribution in [0.15, 0.2) is 12.1 Å². The lowest BCUT2D eigenvalue weighted by molar-refractivity contribution is -0.137. The Kier molecular flexibility index (Phi) is 4.16. The Morgan fingerprint density at radius 2 is 1.95 bits per heavy atom. The Morgan fingerprint density at radius 3 is 2.50 bits per heavy atom. The Morgan fingerprint density at radius 1 is 1.35 bits per heavy atom. The smallest absolute Gasteiger partial charge is 0.388 e. The number of pyridine rings is 1. The molecular formula is C13H16ClF3N2O. The van der Waals surface area contributed by atoms with Crippen LogP contribution in [0.1, 0.15) is 31.2 Å². The van der Waals surface area contributed by atoms with Crippen molar-refractivity contribution in [3.8, 4) is 0 Å². The first-order valence-corrected chi connectivity index (χ1v) is 6.76. The van der Waals surface area contributed by atoms with Crippen molar-refractivity contribution < 1.29 is 18.3 Å². The predicted octanol–water partition coefficient (Wildman–Crippen LogP) is 3.50. The predicted molar refractivity (Wildman–Crippen MR) is 70.9 cm³/mol. The highest BCUT2D eigenvalue weighted by atomic mass is 35.5. The second-order valence-electron chi connectivity index (χ2n) is 5.32. The average Bonchev–Trinajstić information content (AvgIpc) is 2.73. The second-order valence-corrected chi connectivity index (χ2v) is 5.71. The molecule has 1 heterocycles. The first kappa shape index (κ1) is 15.4. The van der Waals surface area contributed by atoms with E-state index in [1.165, 1.54) is 4.90 Å². The standard InChI is InChI=1S/C13H16ClF3N2O/c1-19(8-12(20)4-2-3-5-12)11-7-9(13(15,16)17)6-10(14)18-11/h6-7,20H,2-5,8H2,1H3. The fourth-order valence-corrected chi connectivity index (χ4v) is 2.76. The van der Waals surface area contributed by atoms with Gasteiger partial charge >= 0.3 is 6.18 Å². The summed E-state index contributed by atoms with van der Waals surface area (Å²) in [4.78, 5) is 5.42. The molecule has 20 heavy (non-hydrogen) atoms. The van der Waals surface area contributed by atoms with Crippen LogP contribution >= 0.6 is 11.6 Å². The first-order chi connectivity index (χ1) is 9.20. The number of hydrogen-bond donors (Lipinski definition) is 1. The molecule has 1 N–H and O–H groups in total. The summed E-state index contributed by atoms with van der Waals surface area (Å²) in [7, 11) is 1.61. The minimum Gasteiger partial charge on any atom is -0.388 e. The van der Waals surface area contributed by atoms with Crippen molar-refractivity contribution in [2.24, 2.45) is 0 Å². The fraction of sp³-hybridized carbons (Fsp3) is 0.615. The molecule has 1 fully saturated rings. The molecule has 0 aromatic carbocycles. The van der Waals surface area contributed by atoms with Crippen LogP contribution in [0, 0.1) is 0 Å². The van der Waals surface area contributed by atoms with E-state index in [4.69, 9.17) is 11.6 Å². The molecular weight excluding hydrogens is 293 g/mol. The molecule has 1 saturated carbocycles. The van der Waals surface area contributed by atoms with Crippen molar-refractivity contribution in [1.82, 2.24) is 4.98 Å². The molecule has 1 aliphatic rings. The lowest BCUT2D eigenvalue weighted by Crippen LogP contribution is -2.39. The number of nitrogens with zero attached hydrogens (tertiary/aromatic N) is 2. The summed E-state index contributed by atoms with van der Waals surface area (Å²) in [5.41, 5.74) is -1.69. The number of halogens is 4. The van der Waals surface area contributed by atoms with E-state index in [1.54, 1.807) is 7.05 Å². The van der Waals surface area contributed by atoms with Crippen molar-refractivity contribution >= 4 is 17.4 Å². The van der Waals surface area contributed by atoms with Crippen molar-refractivity contribution in [3.63, 3.8) is 0 Å². The zero-order valence-corrected chi connectivity index (χ0v) is 11.8. The number of anilines is 1. The molecule has 0 unspecified atom stereocenters. The van der Waals surface area contributed by atoms with Crippen LogP contribution in [-0.2, 0) is 6.18 Å². The molecule has 1 aromatic rings. The molecule has 112 valence electrons. The average molecular weight is 309 g/mol. The molecule has 2 rings (SSSR count). The molecule has 1 aliphatic carbocycles. The summed E-state index contributed by atoms with van der Waals surface area (Å²) < 4.78 is 38.2. The number of aromatic nitrogens is 1. The monoisotopic (exact) mass is 308 g/mol. The first-order valence-electron chi connectivity index (χ1n) is 6.38. The van der Waals surface area contributed by atoms with Gasteiger partial charge in [0.1, 0.15) is 11.0 Å². The molecule has 0 amide bonds. The van der Waals surface area contributed by atoms with Crippen LogP contribution in [0.2, 0.25) is 5.15 Å². The highest BCUT2D eigenvalue weighted by Crippen LogP contribution is 2.34. The number of rotatable bonds is 3. The highest BCUT2D eigenvalue weighted by Gasteiger charge is 2.34. The zero-order chi connectivity index (χ0) is 15.0. The Hall–Kier alpha value is -1.01. The van der Waals surface area contributed by atoms with Crippen molar-refractivity contribution in [2.45, 2.75) is 37.5 Å². The van der Waals surface area contributed by atoms with Gasteiger partial charge in [-0.3, -0.25) is 0 Å². The van der Waals surface area contributed by atoms with E-state index in [1.807, 2.05) is 0 Å². The van der Waals surface area contributed by atoms with Gasteiger partial charge in [0.25, 0.3) is 0 Å². The summed E-state index contributed by atoms with van der Waals surface area (Å²) in [6.45, 7) is 0.248. The van der Waals surface area contributed by atoms with Crippen molar-refractivity contribution in [2.75, 3.05) is 18.5 Å². The van der Waals surface area contributed by atoms with Gasteiger partial charge in [0.15, 0.2) is 0 Å². The normalized spacial score (nSPS) is 18.3. The maximum Gasteiger partial charge on any atom is 0.416 e. The van der Waals surface area contributed by atoms with Crippen LogP contribution < -0.4 is 4.90 Å². The summed E-state index contributed by atoms with van der Waals surface area (Å²) in [6, 6.07) is 1.74. The molecule has 0 radical (unpaired) electrons. The summed E-state index contributed by atoms with van der Waals surface area (Å²) in [5.74, 6) is 0.116. The maximum absolute atomic E-state index is 12.7. The molecule has 0 bridgehead atoms. The minimum atomic E-state index is -4.47. The summed E-state index contributed by atoms with van der Waals surface area (Å²) >= 11 is 5.65. The third kappa shape index (κ3) is 3.55. The van der Waals surface area contributed by atoms with E-state index in [2.05, 4.69) is 4.98 Å². The molecule has 7 heteroatoms. The second kappa shape index (κ2) is 5.41. The maximum atomic E-state index is 12.7. The number of likely N-dealkylation sites (N-methyl/N-ethyl adjacent to an activating group) is 1. The lowest BCUT2D eigenvalue weighted by Gasteiger charge is -2.29. The molecule has 0 aliphatic heterocycles. The number of aliphatic hydroxyl groups is 1. The van der Waals surface area contributed by atoms with Gasteiger partial charge in [0, 0.05) is 13.6 Å². The van der Waals surface area contributed by atoms with Gasteiger partial charge in [-0.05, 0) is 25.0 Å². The Labute approximate surface area is 120 Å². The van der Waals surface area contributed by atoms with E-state index in [0.717, 1.165) is 25.0 Å². The molecule has 3 nitrogen and oxygen atoms in total. The van der Waals surface area contributed by atoms with E-state index >= 15 is 0 Å². The molecule has 0 atom stereocenters. The summed E-state index contributed by atoms with van der Waals surface area (Å²) in [5, 5.41) is 10.1. The molecule has 0 spiro atoms. The van der Waals surface area contributed by atoms with Gasteiger partial charge in [-0.25, -0.2) is 4.98 Å². The topological polar surface area (TPSA) is 36.4 Å². The largest absolute Gasteiger partial charge is 0.416 e. The Balaban J connectivity index is 2.21. The minimum absolute atomic E-state index is 0.116. The quantitative estimate of drug-likeness (QED) is 0.868. The highest BCUT2D eigenvalue weighted by molar-refractivity contribution is 6.29. The van der Waals surface area contributed by atoms with Gasteiger partial charge in [-0.1, -0.05) is 24.4 Å². The summed E-state index contributed by atoms with van der Waals surface area (Å²) in [6.07, 6.45) is -1.29. The third-order valence-electron chi connectivity index (χ3n) is 3.56.